The van der Waals surface area contributed by atoms with Gasteiger partial charge in [0.25, 0.3) is 0 Å². The van der Waals surface area contributed by atoms with E-state index in [9.17, 15) is 9.59 Å². The van der Waals surface area contributed by atoms with E-state index in [0.29, 0.717) is 42.4 Å². The van der Waals surface area contributed by atoms with Gasteiger partial charge in [-0.2, -0.15) is 0 Å². The molecule has 1 aliphatic rings. The molecule has 0 saturated carbocycles. The van der Waals surface area contributed by atoms with Crippen LogP contribution in [0.2, 0.25) is 0 Å². The van der Waals surface area contributed by atoms with E-state index in [1.165, 1.54) is 0 Å². The van der Waals surface area contributed by atoms with E-state index in [1.54, 1.807) is 39.5 Å². The fourth-order valence-electron chi connectivity index (χ4n) is 4.17. The van der Waals surface area contributed by atoms with Crippen LogP contribution < -0.4 is 29.7 Å². The monoisotopic (exact) mass is 504 g/mol. The molecule has 1 aliphatic heterocycles. The lowest BCUT2D eigenvalue weighted by Gasteiger charge is -2.36. The van der Waals surface area contributed by atoms with E-state index in [2.05, 4.69) is 15.5 Å². The fraction of sp³-hybridized carbons (Fsp3) is 0.286. The number of rotatable bonds is 8. The first-order chi connectivity index (χ1) is 18.0. The molecule has 4 rings (SSSR count). The van der Waals surface area contributed by atoms with Gasteiger partial charge in [0.05, 0.1) is 27.8 Å². The normalized spacial score (nSPS) is 13.1. The Morgan fingerprint density at radius 1 is 0.703 bits per heavy atom. The summed E-state index contributed by atoms with van der Waals surface area (Å²) in [6.07, 6.45) is 0.384. The highest BCUT2D eigenvalue weighted by Crippen LogP contribution is 2.26. The summed E-state index contributed by atoms with van der Waals surface area (Å²) in [5.74, 6) is 2.08. The van der Waals surface area contributed by atoms with E-state index in [-0.39, 0.29) is 11.9 Å². The molecule has 0 atom stereocenters. The van der Waals surface area contributed by atoms with Gasteiger partial charge < -0.3 is 34.6 Å². The number of piperazine rings is 1. The largest absolute Gasteiger partial charge is 0.497 e. The molecule has 3 aromatic rings. The Morgan fingerprint density at radius 3 is 1.84 bits per heavy atom. The highest BCUT2D eigenvalue weighted by Gasteiger charge is 2.21. The number of methoxy groups -OCH3 is 3. The van der Waals surface area contributed by atoms with Crippen molar-refractivity contribution in [2.45, 2.75) is 6.42 Å². The number of amides is 3. The Bertz CT molecular complexity index is 1180. The number of urea groups is 1. The molecular formula is C28H32N4O5. The summed E-state index contributed by atoms with van der Waals surface area (Å²) in [4.78, 5) is 29.4. The third-order valence-electron chi connectivity index (χ3n) is 6.25. The van der Waals surface area contributed by atoms with Crippen molar-refractivity contribution in [2.24, 2.45) is 0 Å². The Labute approximate surface area is 216 Å². The molecule has 37 heavy (non-hydrogen) atoms. The average molecular weight is 505 g/mol. The lowest BCUT2D eigenvalue weighted by Crippen LogP contribution is -2.49. The number of nitrogens with one attached hydrogen (secondary N) is 2. The summed E-state index contributed by atoms with van der Waals surface area (Å²) in [6, 6.07) is 20.1. The molecule has 0 bridgehead atoms. The second-order valence-electron chi connectivity index (χ2n) is 8.62. The maximum absolute atomic E-state index is 12.7. The zero-order valence-electron chi connectivity index (χ0n) is 21.3. The van der Waals surface area contributed by atoms with Crippen molar-refractivity contribution in [3.63, 3.8) is 0 Å². The van der Waals surface area contributed by atoms with Crippen LogP contribution in [0.4, 0.5) is 21.9 Å². The summed E-state index contributed by atoms with van der Waals surface area (Å²) in [6.45, 7) is 2.83. The first-order valence-corrected chi connectivity index (χ1v) is 12.0. The van der Waals surface area contributed by atoms with E-state index < -0.39 is 0 Å². The predicted molar refractivity (Wildman–Crippen MR) is 144 cm³/mol. The van der Waals surface area contributed by atoms with Crippen LogP contribution >= 0.6 is 0 Å². The predicted octanol–water partition coefficient (Wildman–Crippen LogP) is 4.25. The van der Waals surface area contributed by atoms with Gasteiger partial charge >= 0.3 is 6.03 Å². The molecule has 2 N–H and O–H groups in total. The molecule has 9 heteroatoms. The fourth-order valence-corrected chi connectivity index (χ4v) is 4.17. The van der Waals surface area contributed by atoms with Crippen LogP contribution in [0.15, 0.2) is 66.7 Å². The van der Waals surface area contributed by atoms with Crippen molar-refractivity contribution in [1.82, 2.24) is 4.90 Å². The molecule has 0 unspecified atom stereocenters. The number of hydrogen-bond acceptors (Lipinski definition) is 6. The standard InChI is InChI=1S/C28H32N4O5/c1-35-24-10-4-20(5-11-24)16-27(33)32-14-12-31(13-15-32)23-8-6-21(7-9-23)29-28(34)30-22-17-25(36-2)19-26(18-22)37-3/h4-11,17-19H,12-16H2,1-3H3,(H2,29,30,34). The van der Waals surface area contributed by atoms with Crippen LogP contribution in [0.25, 0.3) is 0 Å². The first kappa shape index (κ1) is 25.7. The van der Waals surface area contributed by atoms with E-state index in [0.717, 1.165) is 30.1 Å². The van der Waals surface area contributed by atoms with Crippen LogP contribution in [-0.2, 0) is 11.2 Å². The summed E-state index contributed by atoms with van der Waals surface area (Å²) < 4.78 is 15.7. The Hall–Kier alpha value is -4.40. The van der Waals surface area contributed by atoms with E-state index >= 15 is 0 Å². The highest BCUT2D eigenvalue weighted by molar-refractivity contribution is 6.00. The van der Waals surface area contributed by atoms with Crippen LogP contribution in [0.5, 0.6) is 17.2 Å². The second-order valence-corrected chi connectivity index (χ2v) is 8.62. The van der Waals surface area contributed by atoms with Gasteiger partial charge in [0.1, 0.15) is 17.2 Å². The molecule has 9 nitrogen and oxygen atoms in total. The van der Waals surface area contributed by atoms with Crippen molar-refractivity contribution < 1.29 is 23.8 Å². The number of nitrogens with zero attached hydrogens (tertiary/aromatic N) is 2. The quantitative estimate of drug-likeness (QED) is 0.477. The molecular weight excluding hydrogens is 472 g/mol. The lowest BCUT2D eigenvalue weighted by atomic mass is 10.1. The van der Waals surface area contributed by atoms with Gasteiger partial charge in [-0.05, 0) is 42.0 Å². The van der Waals surface area contributed by atoms with Crippen molar-refractivity contribution in [2.75, 3.05) is 63.0 Å². The van der Waals surface area contributed by atoms with Crippen molar-refractivity contribution >= 4 is 29.0 Å². The topological polar surface area (TPSA) is 92.4 Å². The molecule has 1 fully saturated rings. The summed E-state index contributed by atoms with van der Waals surface area (Å²) >= 11 is 0. The van der Waals surface area contributed by atoms with Crippen LogP contribution in [0.1, 0.15) is 5.56 Å². The number of anilines is 3. The number of benzene rings is 3. The molecule has 0 aliphatic carbocycles. The summed E-state index contributed by atoms with van der Waals surface area (Å²) in [5.41, 5.74) is 3.26. The summed E-state index contributed by atoms with van der Waals surface area (Å²) in [5, 5.41) is 5.63. The minimum absolute atomic E-state index is 0.129. The van der Waals surface area contributed by atoms with Gasteiger partial charge in [-0.1, -0.05) is 12.1 Å². The SMILES string of the molecule is COc1ccc(CC(=O)N2CCN(c3ccc(NC(=O)Nc4cc(OC)cc(OC)c4)cc3)CC2)cc1. The van der Waals surface area contributed by atoms with Gasteiger partial charge in [-0.15, -0.1) is 0 Å². The van der Waals surface area contributed by atoms with Crippen molar-refractivity contribution in [1.29, 1.82) is 0 Å². The van der Waals surface area contributed by atoms with Crippen LogP contribution in [0.3, 0.4) is 0 Å². The minimum Gasteiger partial charge on any atom is -0.497 e. The maximum atomic E-state index is 12.7. The minimum atomic E-state index is -0.368. The maximum Gasteiger partial charge on any atom is 0.323 e. The van der Waals surface area contributed by atoms with E-state index in [1.807, 2.05) is 53.4 Å². The molecule has 1 saturated heterocycles. The first-order valence-electron chi connectivity index (χ1n) is 12.0. The van der Waals surface area contributed by atoms with Gasteiger partial charge in [-0.3, -0.25) is 4.79 Å². The highest BCUT2D eigenvalue weighted by atomic mass is 16.5. The third kappa shape index (κ3) is 6.84. The number of carbonyl (C=O) groups excluding carboxylic acids is 2. The van der Waals surface area contributed by atoms with Gasteiger partial charge in [0.2, 0.25) is 5.91 Å². The summed E-state index contributed by atoms with van der Waals surface area (Å²) in [7, 11) is 4.74. The van der Waals surface area contributed by atoms with Gasteiger partial charge in [0, 0.05) is 61.4 Å². The zero-order valence-corrected chi connectivity index (χ0v) is 21.3. The number of carbonyl (C=O) groups is 2. The Morgan fingerprint density at radius 2 is 1.27 bits per heavy atom. The number of ether oxygens (including phenoxy) is 3. The van der Waals surface area contributed by atoms with Crippen molar-refractivity contribution in [3.05, 3.63) is 72.3 Å². The molecule has 3 amide bonds. The molecule has 0 spiro atoms. The van der Waals surface area contributed by atoms with Gasteiger partial charge in [-0.25, -0.2) is 4.79 Å². The molecule has 3 aromatic carbocycles. The smallest absolute Gasteiger partial charge is 0.323 e. The Balaban J connectivity index is 1.26. The second kappa shape index (κ2) is 12.0. The third-order valence-corrected chi connectivity index (χ3v) is 6.25. The molecule has 1 heterocycles. The van der Waals surface area contributed by atoms with Gasteiger partial charge in [0.15, 0.2) is 0 Å². The molecule has 0 aromatic heterocycles. The van der Waals surface area contributed by atoms with Crippen LogP contribution in [0, 0.1) is 0 Å². The Kier molecular flexibility index (Phi) is 8.35. The van der Waals surface area contributed by atoms with E-state index in [4.69, 9.17) is 14.2 Å². The molecule has 194 valence electrons. The van der Waals surface area contributed by atoms with Crippen molar-refractivity contribution in [3.8, 4) is 17.2 Å². The average Bonchev–Trinajstić information content (AvgIpc) is 2.93. The molecule has 0 radical (unpaired) electrons. The number of hydrogen-bond donors (Lipinski definition) is 2. The lowest BCUT2D eigenvalue weighted by molar-refractivity contribution is -0.130. The zero-order chi connectivity index (χ0) is 26.2. The van der Waals surface area contributed by atoms with Crippen LogP contribution in [-0.4, -0.2) is 64.3 Å².